The van der Waals surface area contributed by atoms with Gasteiger partial charge in [0.15, 0.2) is 0 Å². The fourth-order valence-corrected chi connectivity index (χ4v) is 17.0. The zero-order valence-corrected chi connectivity index (χ0v) is 57.4. The average molecular weight is 1330 g/mol. The summed E-state index contributed by atoms with van der Waals surface area (Å²) in [5.74, 6) is 0. The minimum Gasteiger partial charge on any atom is -0.0652 e. The van der Waals surface area contributed by atoms with Crippen LogP contribution in [-0.4, -0.2) is 13.4 Å². The highest BCUT2D eigenvalue weighted by atomic mass is 79.9. The van der Waals surface area contributed by atoms with E-state index in [1.807, 2.05) is 0 Å². The summed E-state index contributed by atoms with van der Waals surface area (Å²) in [5.41, 5.74) is 32.0. The second-order valence-corrected chi connectivity index (χ2v) is 34.7. The third-order valence-electron chi connectivity index (χ3n) is 19.2. The van der Waals surface area contributed by atoms with Crippen molar-refractivity contribution >= 4 is 142 Å². The van der Waals surface area contributed by atoms with Crippen molar-refractivity contribution in [3.8, 4) is 66.8 Å². The smallest absolute Gasteiger partial charge is 0.0652 e. The van der Waals surface area contributed by atoms with Crippen LogP contribution >= 0.6 is 63.7 Å². The molecule has 4 heterocycles. The summed E-state index contributed by atoms with van der Waals surface area (Å²) in [5, 5.41) is 8.29. The Hall–Kier alpha value is -4.71. The Balaban J connectivity index is 1.30. The van der Waals surface area contributed by atoms with Crippen LogP contribution in [0, 0.1) is 0 Å². The monoisotopic (exact) mass is 1320 g/mol. The molecular weight excluding hydrogens is 1250 g/mol. The Morgan fingerprint density at radius 1 is 0.256 bits per heavy atom. The van der Waals surface area contributed by atoms with Crippen LogP contribution in [0.2, 0.25) is 0 Å². The van der Waals surface area contributed by atoms with Gasteiger partial charge in [-0.2, -0.15) is 0 Å². The van der Waals surface area contributed by atoms with Crippen molar-refractivity contribution < 1.29 is 0 Å². The van der Waals surface area contributed by atoms with Gasteiger partial charge < -0.3 is 0 Å². The van der Waals surface area contributed by atoms with Crippen LogP contribution in [0.5, 0.6) is 0 Å². The first-order chi connectivity index (χ1) is 38.1. The van der Waals surface area contributed by atoms with E-state index in [0.717, 1.165) is 17.9 Å². The normalized spacial score (nSPS) is 14.4. The third-order valence-corrected chi connectivity index (χ3v) is 21.1. The Morgan fingerprint density at radius 2 is 0.549 bits per heavy atom. The molecule has 0 saturated heterocycles. The molecule has 0 aromatic heterocycles. The largest absolute Gasteiger partial charge is 0.244 e. The summed E-state index contributed by atoms with van der Waals surface area (Å²) in [6, 6.07) is 45.1. The van der Waals surface area contributed by atoms with Crippen molar-refractivity contribution in [2.45, 2.75) is 157 Å². The Kier molecular flexibility index (Phi) is 11.8. The van der Waals surface area contributed by atoms with E-state index in [4.69, 9.17) is 0 Å². The molecule has 0 N–H and O–H groups in total. The van der Waals surface area contributed by atoms with Gasteiger partial charge in [-0.15, -0.1) is 0 Å². The van der Waals surface area contributed by atoms with E-state index >= 15 is 0 Å². The van der Waals surface area contributed by atoms with Gasteiger partial charge in [0.1, 0.15) is 0 Å². The maximum Gasteiger partial charge on any atom is 0.244 e. The molecule has 10 aromatic rings. The maximum atomic E-state index is 4.16. The predicted octanol–water partition coefficient (Wildman–Crippen LogP) is 19.7. The SMILES string of the molecule is CC(C)(C)c1cc(C(C)(C)C)c(-c2cc3c4c(cc5c(-c6c(C(C)(C)C)cc(C(C)(C)C)cc6C(C)(C)C)cc6c7c(cc2c4c57)B2c4ccc(Br)cc4-c4cc(Br)cc-6c42)B2c4ccc(Br)cc4-c4cc(Br)cc-3c42)c(C(C)(C)C)c1. The molecule has 0 saturated carbocycles. The molecule has 0 atom stereocenters. The van der Waals surface area contributed by atoms with E-state index in [1.54, 1.807) is 0 Å². The molecule has 410 valence electrons. The summed E-state index contributed by atoms with van der Waals surface area (Å²) in [4.78, 5) is 0. The van der Waals surface area contributed by atoms with Crippen LogP contribution in [0.1, 0.15) is 158 Å². The molecule has 6 heteroatoms. The highest BCUT2D eigenvalue weighted by molar-refractivity contribution is 9.11. The molecule has 14 rings (SSSR count). The van der Waals surface area contributed by atoms with E-state index in [1.165, 1.54) is 165 Å². The van der Waals surface area contributed by atoms with Crippen molar-refractivity contribution in [3.05, 3.63) is 160 Å². The molecule has 0 unspecified atom stereocenters. The molecular formula is C76H72B2Br4. The Bertz CT molecular complexity index is 4190. The topological polar surface area (TPSA) is 0 Å². The van der Waals surface area contributed by atoms with Gasteiger partial charge in [0, 0.05) is 17.9 Å². The van der Waals surface area contributed by atoms with Gasteiger partial charge in [-0.1, -0.05) is 270 Å². The number of fused-ring (bicyclic) bond motifs is 10. The van der Waals surface area contributed by atoms with Crippen molar-refractivity contribution in [2.75, 3.05) is 0 Å². The van der Waals surface area contributed by atoms with E-state index in [0.29, 0.717) is 0 Å². The fourth-order valence-electron chi connectivity index (χ4n) is 15.4. The van der Waals surface area contributed by atoms with Crippen molar-refractivity contribution in [1.29, 1.82) is 0 Å². The van der Waals surface area contributed by atoms with Crippen molar-refractivity contribution in [1.82, 2.24) is 0 Å². The van der Waals surface area contributed by atoms with Crippen LogP contribution in [0.4, 0.5) is 0 Å². The molecule has 4 aliphatic heterocycles. The van der Waals surface area contributed by atoms with Crippen LogP contribution < -0.4 is 32.8 Å². The Labute approximate surface area is 522 Å². The number of rotatable bonds is 2. The summed E-state index contributed by atoms with van der Waals surface area (Å²) >= 11 is 16.3. The Morgan fingerprint density at radius 3 is 0.841 bits per heavy atom. The molecule has 0 nitrogen and oxygen atoms in total. The quantitative estimate of drug-likeness (QED) is 0.120. The first-order valence-corrected chi connectivity index (χ1v) is 32.8. The van der Waals surface area contributed by atoms with Crippen molar-refractivity contribution in [2.24, 2.45) is 0 Å². The summed E-state index contributed by atoms with van der Waals surface area (Å²) in [6.07, 6.45) is 0. The molecule has 0 radical (unpaired) electrons. The number of hydrogen-bond donors (Lipinski definition) is 0. The lowest BCUT2D eigenvalue weighted by Crippen LogP contribution is -2.53. The molecule has 0 bridgehead atoms. The molecule has 10 aromatic carbocycles. The minimum absolute atomic E-state index is 0.0410. The average Bonchev–Trinajstić information content (AvgIpc) is 1.32. The zero-order valence-electron chi connectivity index (χ0n) is 51.1. The number of benzene rings is 10. The van der Waals surface area contributed by atoms with Gasteiger partial charge in [-0.3, -0.25) is 0 Å². The first-order valence-electron chi connectivity index (χ1n) is 29.6. The number of halogens is 4. The second kappa shape index (κ2) is 17.5. The van der Waals surface area contributed by atoms with Gasteiger partial charge >= 0.3 is 0 Å². The van der Waals surface area contributed by atoms with E-state index in [-0.39, 0.29) is 45.9 Å². The molecule has 0 fully saturated rings. The lowest BCUT2D eigenvalue weighted by Gasteiger charge is -2.37. The predicted molar refractivity (Wildman–Crippen MR) is 375 cm³/mol. The lowest BCUT2D eigenvalue weighted by molar-refractivity contribution is 0.550. The molecule has 0 amide bonds. The van der Waals surface area contributed by atoms with Crippen LogP contribution in [-0.2, 0) is 32.5 Å². The van der Waals surface area contributed by atoms with E-state index in [9.17, 15) is 0 Å². The minimum atomic E-state index is -0.181. The van der Waals surface area contributed by atoms with Crippen LogP contribution in [0.3, 0.4) is 0 Å². The van der Waals surface area contributed by atoms with Gasteiger partial charge in [-0.25, -0.2) is 0 Å². The van der Waals surface area contributed by atoms with Crippen LogP contribution in [0.25, 0.3) is 99.1 Å². The van der Waals surface area contributed by atoms with Gasteiger partial charge in [0.05, 0.1) is 0 Å². The molecule has 0 spiro atoms. The standard InChI is InChI=1S/C76H72B2Br4/c1-71(2,3)37-23-55(73(7,8)9)63(56(24-37)74(10,11)12)45-33-47-53-31-41(81)29-51-43-27-40(80)20-22-60(43)78(69(51)53)62-36-50-46(64-57(75(13,14)15)25-38(72(4,5)6)26-58(64)76(16,17)18)34-48-54-32-42(82)30-52-44-28-39(79)19-21-59(44)77(70(52)54)61-35-49(45)67(65(47)62)68(50)66(48)61/h19-36H,1-18H3. The molecule has 0 aliphatic carbocycles. The lowest BCUT2D eigenvalue weighted by atomic mass is 9.34. The van der Waals surface area contributed by atoms with Gasteiger partial charge in [0.25, 0.3) is 0 Å². The zero-order chi connectivity index (χ0) is 58.5. The van der Waals surface area contributed by atoms with E-state index < -0.39 is 0 Å². The highest BCUT2D eigenvalue weighted by Gasteiger charge is 2.46. The highest BCUT2D eigenvalue weighted by Crippen LogP contribution is 2.56. The van der Waals surface area contributed by atoms with E-state index in [2.05, 4.69) is 298 Å². The summed E-state index contributed by atoms with van der Waals surface area (Å²) in [7, 11) is 0. The first kappa shape index (κ1) is 55.2. The van der Waals surface area contributed by atoms with Gasteiger partial charge in [0.2, 0.25) is 13.4 Å². The summed E-state index contributed by atoms with van der Waals surface area (Å²) in [6.45, 7) is 43.8. The van der Waals surface area contributed by atoms with Crippen LogP contribution in [0.15, 0.2) is 127 Å². The summed E-state index contributed by atoms with van der Waals surface area (Å²) < 4.78 is 4.43. The fraction of sp³-hybridized carbons (Fsp3) is 0.316. The molecule has 4 aliphatic rings. The third kappa shape index (κ3) is 7.90. The molecule has 82 heavy (non-hydrogen) atoms. The van der Waals surface area contributed by atoms with Crippen molar-refractivity contribution in [3.63, 3.8) is 0 Å². The second-order valence-electron chi connectivity index (χ2n) is 31.0. The maximum absolute atomic E-state index is 4.16. The number of hydrogen-bond acceptors (Lipinski definition) is 0. The van der Waals surface area contributed by atoms with Gasteiger partial charge in [-0.05, 0) is 226 Å².